The van der Waals surface area contributed by atoms with Crippen LogP contribution in [0.15, 0.2) is 45.5 Å². The molecule has 1 aromatic heterocycles. The molecule has 1 aromatic carbocycles. The standard InChI is InChI=1S/C14H16BrNO2/c1-2-17-14-6-5-11(8-13(14)15)9-16-10-12-4-3-7-18-12/h3-8,16H,2,9-10H2,1H3. The first-order chi connectivity index (χ1) is 8.79. The van der Waals surface area contributed by atoms with Gasteiger partial charge in [-0.25, -0.2) is 0 Å². The number of furan rings is 1. The largest absolute Gasteiger partial charge is 0.493 e. The van der Waals surface area contributed by atoms with Crippen LogP contribution in [0, 0.1) is 0 Å². The van der Waals surface area contributed by atoms with Gasteiger partial charge in [0.2, 0.25) is 0 Å². The van der Waals surface area contributed by atoms with Crippen LogP contribution in [0.4, 0.5) is 0 Å². The molecule has 0 radical (unpaired) electrons. The highest BCUT2D eigenvalue weighted by atomic mass is 79.9. The van der Waals surface area contributed by atoms with E-state index in [0.29, 0.717) is 6.61 Å². The molecule has 0 spiro atoms. The second-order valence-corrected chi connectivity index (χ2v) is 4.74. The molecule has 0 atom stereocenters. The Hall–Kier alpha value is -1.26. The van der Waals surface area contributed by atoms with Gasteiger partial charge in [-0.3, -0.25) is 0 Å². The smallest absolute Gasteiger partial charge is 0.133 e. The number of rotatable bonds is 6. The Labute approximate surface area is 115 Å². The Balaban J connectivity index is 1.88. The molecule has 3 nitrogen and oxygen atoms in total. The first kappa shape index (κ1) is 13.2. The molecule has 0 fully saturated rings. The molecule has 18 heavy (non-hydrogen) atoms. The molecule has 96 valence electrons. The number of hydrogen-bond donors (Lipinski definition) is 1. The summed E-state index contributed by atoms with van der Waals surface area (Å²) in [5.41, 5.74) is 1.21. The van der Waals surface area contributed by atoms with Crippen molar-refractivity contribution in [2.75, 3.05) is 6.61 Å². The minimum atomic E-state index is 0.675. The summed E-state index contributed by atoms with van der Waals surface area (Å²) in [6, 6.07) is 9.97. The third kappa shape index (κ3) is 3.62. The van der Waals surface area contributed by atoms with Gasteiger partial charge in [0.25, 0.3) is 0 Å². The number of nitrogens with one attached hydrogen (secondary N) is 1. The summed E-state index contributed by atoms with van der Waals surface area (Å²) in [4.78, 5) is 0. The number of halogens is 1. The predicted molar refractivity (Wildman–Crippen MR) is 74.6 cm³/mol. The minimum Gasteiger partial charge on any atom is -0.493 e. The molecule has 0 unspecified atom stereocenters. The highest BCUT2D eigenvalue weighted by molar-refractivity contribution is 9.10. The van der Waals surface area contributed by atoms with Crippen LogP contribution in [0.3, 0.4) is 0 Å². The third-order valence-corrected chi connectivity index (χ3v) is 3.12. The van der Waals surface area contributed by atoms with E-state index in [4.69, 9.17) is 9.15 Å². The molecule has 0 aliphatic heterocycles. The van der Waals surface area contributed by atoms with Crippen LogP contribution in [-0.2, 0) is 13.1 Å². The van der Waals surface area contributed by atoms with Gasteiger partial charge in [0, 0.05) is 6.54 Å². The van der Waals surface area contributed by atoms with Crippen molar-refractivity contribution >= 4 is 15.9 Å². The van der Waals surface area contributed by atoms with Gasteiger partial charge in [0.1, 0.15) is 11.5 Å². The molecule has 0 saturated carbocycles. The molecule has 1 N–H and O–H groups in total. The monoisotopic (exact) mass is 309 g/mol. The van der Waals surface area contributed by atoms with E-state index < -0.39 is 0 Å². The van der Waals surface area contributed by atoms with E-state index in [-0.39, 0.29) is 0 Å². The quantitative estimate of drug-likeness (QED) is 0.883. The topological polar surface area (TPSA) is 34.4 Å². The summed E-state index contributed by atoms with van der Waals surface area (Å²) in [5.74, 6) is 1.83. The summed E-state index contributed by atoms with van der Waals surface area (Å²) in [6.07, 6.45) is 1.69. The highest BCUT2D eigenvalue weighted by Crippen LogP contribution is 2.25. The SMILES string of the molecule is CCOc1ccc(CNCc2ccco2)cc1Br. The first-order valence-corrected chi connectivity index (χ1v) is 6.73. The van der Waals surface area contributed by atoms with Crippen LogP contribution < -0.4 is 10.1 Å². The maximum atomic E-state index is 5.47. The van der Waals surface area contributed by atoms with Crippen molar-refractivity contribution in [3.8, 4) is 5.75 Å². The van der Waals surface area contributed by atoms with E-state index >= 15 is 0 Å². The Morgan fingerprint density at radius 3 is 2.83 bits per heavy atom. The molecular formula is C14H16BrNO2. The van der Waals surface area contributed by atoms with Gasteiger partial charge >= 0.3 is 0 Å². The third-order valence-electron chi connectivity index (χ3n) is 2.50. The van der Waals surface area contributed by atoms with Crippen LogP contribution in [0.5, 0.6) is 5.75 Å². The predicted octanol–water partition coefficient (Wildman–Crippen LogP) is 3.73. The molecule has 0 aliphatic carbocycles. The molecule has 0 saturated heterocycles. The number of hydrogen-bond acceptors (Lipinski definition) is 3. The molecule has 0 amide bonds. The Morgan fingerprint density at radius 2 is 2.17 bits per heavy atom. The zero-order valence-electron chi connectivity index (χ0n) is 10.3. The van der Waals surface area contributed by atoms with Gasteiger partial charge in [0.15, 0.2) is 0 Å². The molecule has 1 heterocycles. The lowest BCUT2D eigenvalue weighted by molar-refractivity contribution is 0.338. The van der Waals surface area contributed by atoms with Gasteiger partial charge in [-0.2, -0.15) is 0 Å². The van der Waals surface area contributed by atoms with E-state index in [2.05, 4.69) is 33.4 Å². The summed E-state index contributed by atoms with van der Waals surface area (Å²) < 4.78 is 11.7. The maximum absolute atomic E-state index is 5.47. The zero-order valence-corrected chi connectivity index (χ0v) is 11.9. The second kappa shape index (κ2) is 6.61. The Bertz CT molecular complexity index is 483. The van der Waals surface area contributed by atoms with Gasteiger partial charge in [0.05, 0.1) is 23.9 Å². The van der Waals surface area contributed by atoms with Crippen molar-refractivity contribution in [2.24, 2.45) is 0 Å². The van der Waals surface area contributed by atoms with Gasteiger partial charge < -0.3 is 14.5 Å². The highest BCUT2D eigenvalue weighted by Gasteiger charge is 2.02. The van der Waals surface area contributed by atoms with E-state index in [1.54, 1.807) is 6.26 Å². The summed E-state index contributed by atoms with van der Waals surface area (Å²) in [5, 5.41) is 3.33. The lowest BCUT2D eigenvalue weighted by Crippen LogP contribution is -2.12. The Morgan fingerprint density at radius 1 is 1.28 bits per heavy atom. The van der Waals surface area contributed by atoms with E-state index in [1.165, 1.54) is 5.56 Å². The fourth-order valence-corrected chi connectivity index (χ4v) is 2.21. The second-order valence-electron chi connectivity index (χ2n) is 3.88. The molecule has 2 rings (SSSR count). The summed E-state index contributed by atoms with van der Waals surface area (Å²) in [6.45, 7) is 4.18. The number of benzene rings is 1. The minimum absolute atomic E-state index is 0.675. The van der Waals surface area contributed by atoms with Crippen LogP contribution in [0.25, 0.3) is 0 Å². The Kier molecular flexibility index (Phi) is 4.84. The van der Waals surface area contributed by atoms with E-state index in [0.717, 1.165) is 29.1 Å². The van der Waals surface area contributed by atoms with Crippen molar-refractivity contribution < 1.29 is 9.15 Å². The van der Waals surface area contributed by atoms with Crippen molar-refractivity contribution in [1.82, 2.24) is 5.32 Å². The maximum Gasteiger partial charge on any atom is 0.133 e. The normalized spacial score (nSPS) is 10.6. The fourth-order valence-electron chi connectivity index (χ4n) is 1.67. The summed E-state index contributed by atoms with van der Waals surface area (Å²) in [7, 11) is 0. The fraction of sp³-hybridized carbons (Fsp3) is 0.286. The van der Waals surface area contributed by atoms with E-state index in [9.17, 15) is 0 Å². The van der Waals surface area contributed by atoms with Crippen molar-refractivity contribution in [3.63, 3.8) is 0 Å². The van der Waals surface area contributed by atoms with Gasteiger partial charge in [-0.15, -0.1) is 0 Å². The molecule has 0 aliphatic rings. The average Bonchev–Trinajstić information content (AvgIpc) is 2.86. The molecule has 4 heteroatoms. The van der Waals surface area contributed by atoms with E-state index in [1.807, 2.05) is 25.1 Å². The van der Waals surface area contributed by atoms with Crippen LogP contribution in [0.2, 0.25) is 0 Å². The van der Waals surface area contributed by atoms with Crippen molar-refractivity contribution in [2.45, 2.75) is 20.0 Å². The van der Waals surface area contributed by atoms with Gasteiger partial charge in [-0.1, -0.05) is 6.07 Å². The van der Waals surface area contributed by atoms with Crippen LogP contribution in [0.1, 0.15) is 18.2 Å². The lowest BCUT2D eigenvalue weighted by Gasteiger charge is -2.08. The lowest BCUT2D eigenvalue weighted by atomic mass is 10.2. The van der Waals surface area contributed by atoms with Crippen molar-refractivity contribution in [1.29, 1.82) is 0 Å². The average molecular weight is 310 g/mol. The van der Waals surface area contributed by atoms with Gasteiger partial charge in [-0.05, 0) is 52.7 Å². The zero-order chi connectivity index (χ0) is 12.8. The first-order valence-electron chi connectivity index (χ1n) is 5.94. The summed E-state index contributed by atoms with van der Waals surface area (Å²) >= 11 is 3.51. The molecule has 2 aromatic rings. The van der Waals surface area contributed by atoms with Crippen molar-refractivity contribution in [3.05, 3.63) is 52.4 Å². The molecule has 0 bridgehead atoms. The van der Waals surface area contributed by atoms with Crippen LogP contribution >= 0.6 is 15.9 Å². The number of ether oxygens (including phenoxy) is 1. The van der Waals surface area contributed by atoms with Crippen LogP contribution in [-0.4, -0.2) is 6.61 Å². The molecular weight excluding hydrogens is 294 g/mol.